The number of oxazole rings is 1. The Morgan fingerprint density at radius 1 is 1.56 bits per heavy atom. The highest BCUT2D eigenvalue weighted by molar-refractivity contribution is 5.69. The second kappa shape index (κ2) is 4.51. The molecule has 0 aromatic carbocycles. The molecule has 1 fully saturated rings. The van der Waals surface area contributed by atoms with Crippen LogP contribution in [0.25, 0.3) is 0 Å². The summed E-state index contributed by atoms with van der Waals surface area (Å²) in [5.74, 6) is -0.00982. The van der Waals surface area contributed by atoms with E-state index in [1.165, 1.54) is 6.20 Å². The van der Waals surface area contributed by atoms with Crippen LogP contribution in [0.1, 0.15) is 45.4 Å². The van der Waals surface area contributed by atoms with Gasteiger partial charge in [0.1, 0.15) is 11.4 Å². The number of hydrogen-bond donors (Lipinski definition) is 1. The predicted molar refractivity (Wildman–Crippen MR) is 64.2 cm³/mol. The van der Waals surface area contributed by atoms with Gasteiger partial charge in [0.25, 0.3) is 0 Å². The van der Waals surface area contributed by atoms with Crippen molar-refractivity contribution in [1.82, 2.24) is 9.88 Å². The first-order valence-corrected chi connectivity index (χ1v) is 6.05. The summed E-state index contributed by atoms with van der Waals surface area (Å²) in [4.78, 5) is 27.1. The summed E-state index contributed by atoms with van der Waals surface area (Å²) in [6.07, 6.45) is 2.79. The molecule has 1 aliphatic rings. The Morgan fingerprint density at radius 3 is 2.83 bits per heavy atom. The van der Waals surface area contributed by atoms with Crippen molar-refractivity contribution in [3.05, 3.63) is 22.5 Å². The number of H-pyrrole nitrogens is 1. The molecule has 1 aromatic rings. The molecule has 1 aromatic heterocycles. The lowest BCUT2D eigenvalue weighted by Gasteiger charge is -2.27. The largest absolute Gasteiger partial charge is 0.444 e. The van der Waals surface area contributed by atoms with E-state index in [-0.39, 0.29) is 12.1 Å². The minimum Gasteiger partial charge on any atom is -0.444 e. The number of carbonyl (C=O) groups is 1. The van der Waals surface area contributed by atoms with E-state index in [0.717, 1.165) is 12.8 Å². The van der Waals surface area contributed by atoms with E-state index in [4.69, 9.17) is 9.15 Å². The van der Waals surface area contributed by atoms with E-state index in [1.54, 1.807) is 4.90 Å². The minimum atomic E-state index is -0.525. The SMILES string of the molecule is CC(C)(C)OC(=O)N1CCCC1c1c[nH]c(=O)o1. The van der Waals surface area contributed by atoms with Crippen LogP contribution >= 0.6 is 0 Å². The highest BCUT2D eigenvalue weighted by atomic mass is 16.6. The van der Waals surface area contributed by atoms with Gasteiger partial charge in [0.2, 0.25) is 0 Å². The summed E-state index contributed by atoms with van der Waals surface area (Å²) in [5, 5.41) is 0. The molecule has 6 heteroatoms. The number of nitrogens with zero attached hydrogens (tertiary/aromatic N) is 1. The number of ether oxygens (including phenoxy) is 1. The van der Waals surface area contributed by atoms with Gasteiger partial charge in [-0.25, -0.2) is 9.59 Å². The predicted octanol–water partition coefficient (Wildman–Crippen LogP) is 2.04. The van der Waals surface area contributed by atoms with Crippen LogP contribution in [0.5, 0.6) is 0 Å². The smallest absolute Gasteiger partial charge is 0.416 e. The topological polar surface area (TPSA) is 75.5 Å². The lowest BCUT2D eigenvalue weighted by atomic mass is 10.2. The van der Waals surface area contributed by atoms with Gasteiger partial charge >= 0.3 is 11.8 Å². The van der Waals surface area contributed by atoms with E-state index in [1.807, 2.05) is 20.8 Å². The average molecular weight is 254 g/mol. The minimum absolute atomic E-state index is 0.209. The fraction of sp³-hybridized carbons (Fsp3) is 0.667. The number of carbonyl (C=O) groups excluding carboxylic acids is 1. The molecule has 0 aliphatic carbocycles. The fourth-order valence-corrected chi connectivity index (χ4v) is 2.06. The van der Waals surface area contributed by atoms with Crippen molar-refractivity contribution in [2.75, 3.05) is 6.54 Å². The maximum Gasteiger partial charge on any atom is 0.416 e. The average Bonchev–Trinajstić information content (AvgIpc) is 2.81. The summed E-state index contributed by atoms with van der Waals surface area (Å²) >= 11 is 0. The molecular formula is C12H18N2O4. The molecule has 0 spiro atoms. The van der Waals surface area contributed by atoms with Crippen molar-refractivity contribution in [2.24, 2.45) is 0 Å². The first kappa shape index (κ1) is 12.7. The second-order valence-electron chi connectivity index (χ2n) is 5.41. The third kappa shape index (κ3) is 2.75. The fourth-order valence-electron chi connectivity index (χ4n) is 2.06. The third-order valence-corrected chi connectivity index (χ3v) is 2.75. The van der Waals surface area contributed by atoms with E-state index in [2.05, 4.69) is 4.98 Å². The lowest BCUT2D eigenvalue weighted by Crippen LogP contribution is -2.36. The Labute approximate surface area is 105 Å². The molecular weight excluding hydrogens is 236 g/mol. The van der Waals surface area contributed by atoms with Gasteiger partial charge in [-0.1, -0.05) is 0 Å². The van der Waals surface area contributed by atoms with E-state index >= 15 is 0 Å². The molecule has 1 unspecified atom stereocenters. The molecule has 100 valence electrons. The van der Waals surface area contributed by atoms with Crippen LogP contribution in [0.2, 0.25) is 0 Å². The van der Waals surface area contributed by atoms with Gasteiger partial charge in [-0.3, -0.25) is 9.88 Å². The highest BCUT2D eigenvalue weighted by Crippen LogP contribution is 2.32. The molecule has 1 saturated heterocycles. The zero-order valence-corrected chi connectivity index (χ0v) is 10.9. The van der Waals surface area contributed by atoms with Gasteiger partial charge in [-0.05, 0) is 33.6 Å². The molecule has 2 rings (SSSR count). The Morgan fingerprint density at radius 2 is 2.28 bits per heavy atom. The van der Waals surface area contributed by atoms with Crippen LogP contribution in [0, 0.1) is 0 Å². The standard InChI is InChI=1S/C12H18N2O4/c1-12(2,3)18-11(16)14-6-4-5-8(14)9-7-13-10(15)17-9/h7-8H,4-6H2,1-3H3,(H,13,15). The van der Waals surface area contributed by atoms with Crippen LogP contribution in [-0.4, -0.2) is 28.1 Å². The van der Waals surface area contributed by atoms with E-state index in [0.29, 0.717) is 12.3 Å². The van der Waals surface area contributed by atoms with Crippen molar-refractivity contribution in [1.29, 1.82) is 0 Å². The number of likely N-dealkylation sites (tertiary alicyclic amines) is 1. The summed E-state index contributed by atoms with van der Waals surface area (Å²) in [6, 6.07) is -0.209. The molecule has 1 amide bonds. The molecule has 1 aliphatic heterocycles. The molecule has 0 saturated carbocycles. The summed E-state index contributed by atoms with van der Waals surface area (Å²) in [7, 11) is 0. The molecule has 6 nitrogen and oxygen atoms in total. The Bertz CT molecular complexity index is 483. The zero-order valence-electron chi connectivity index (χ0n) is 10.9. The van der Waals surface area contributed by atoms with Crippen LogP contribution in [0.4, 0.5) is 4.79 Å². The van der Waals surface area contributed by atoms with E-state index < -0.39 is 11.4 Å². The van der Waals surface area contributed by atoms with Gasteiger partial charge in [0, 0.05) is 12.7 Å². The first-order chi connectivity index (χ1) is 8.37. The van der Waals surface area contributed by atoms with Crippen molar-refractivity contribution >= 4 is 6.09 Å². The zero-order chi connectivity index (χ0) is 13.3. The van der Waals surface area contributed by atoms with Crippen molar-refractivity contribution < 1.29 is 13.9 Å². The van der Waals surface area contributed by atoms with Gasteiger partial charge < -0.3 is 9.15 Å². The van der Waals surface area contributed by atoms with Crippen LogP contribution in [0.3, 0.4) is 0 Å². The maximum atomic E-state index is 12.0. The van der Waals surface area contributed by atoms with Crippen LogP contribution in [-0.2, 0) is 4.74 Å². The van der Waals surface area contributed by atoms with Gasteiger partial charge in [0.05, 0.1) is 6.04 Å². The Balaban J connectivity index is 2.13. The van der Waals surface area contributed by atoms with Gasteiger partial charge in [-0.2, -0.15) is 0 Å². The summed E-state index contributed by atoms with van der Waals surface area (Å²) in [6.45, 7) is 6.10. The van der Waals surface area contributed by atoms with Crippen molar-refractivity contribution in [3.8, 4) is 0 Å². The van der Waals surface area contributed by atoms with Crippen molar-refractivity contribution in [2.45, 2.75) is 45.3 Å². The highest BCUT2D eigenvalue weighted by Gasteiger charge is 2.35. The number of rotatable bonds is 1. The van der Waals surface area contributed by atoms with Gasteiger partial charge in [0.15, 0.2) is 0 Å². The van der Waals surface area contributed by atoms with Crippen molar-refractivity contribution in [3.63, 3.8) is 0 Å². The Hall–Kier alpha value is -1.72. The van der Waals surface area contributed by atoms with E-state index in [9.17, 15) is 9.59 Å². The quantitative estimate of drug-likeness (QED) is 0.832. The first-order valence-electron chi connectivity index (χ1n) is 6.05. The number of aromatic nitrogens is 1. The Kier molecular flexibility index (Phi) is 3.19. The normalized spacial score (nSPS) is 20.2. The maximum absolute atomic E-state index is 12.0. The number of amides is 1. The number of hydrogen-bond acceptors (Lipinski definition) is 4. The van der Waals surface area contributed by atoms with Crippen LogP contribution in [0.15, 0.2) is 15.4 Å². The molecule has 0 radical (unpaired) electrons. The summed E-state index contributed by atoms with van der Waals surface area (Å²) in [5.41, 5.74) is -0.525. The molecule has 1 N–H and O–H groups in total. The second-order valence-corrected chi connectivity index (χ2v) is 5.41. The molecule has 2 heterocycles. The molecule has 18 heavy (non-hydrogen) atoms. The van der Waals surface area contributed by atoms with Gasteiger partial charge in [-0.15, -0.1) is 0 Å². The van der Waals surface area contributed by atoms with Crippen LogP contribution < -0.4 is 5.76 Å². The lowest BCUT2D eigenvalue weighted by molar-refractivity contribution is 0.0207. The number of aromatic amines is 1. The monoisotopic (exact) mass is 254 g/mol. The number of nitrogens with one attached hydrogen (secondary N) is 1. The molecule has 0 bridgehead atoms. The third-order valence-electron chi connectivity index (χ3n) is 2.75. The summed E-state index contributed by atoms with van der Waals surface area (Å²) < 4.78 is 10.4. The molecule has 1 atom stereocenters.